The maximum atomic E-state index is 13.5. The van der Waals surface area contributed by atoms with Crippen molar-refractivity contribution in [1.82, 2.24) is 15.2 Å². The molecule has 1 atom stereocenters. The fraction of sp³-hybridized carbons (Fsp3) is 0.250. The number of halogens is 4. The summed E-state index contributed by atoms with van der Waals surface area (Å²) in [4.78, 5) is 0. The van der Waals surface area contributed by atoms with E-state index >= 15 is 0 Å². The first kappa shape index (κ1) is 14.5. The van der Waals surface area contributed by atoms with E-state index in [0.717, 1.165) is 6.07 Å². The van der Waals surface area contributed by atoms with Crippen LogP contribution in [0.1, 0.15) is 22.9 Å². The van der Waals surface area contributed by atoms with E-state index in [1.807, 2.05) is 0 Å². The highest BCUT2D eigenvalue weighted by Gasteiger charge is 2.34. The van der Waals surface area contributed by atoms with Crippen LogP contribution in [0.3, 0.4) is 0 Å². The van der Waals surface area contributed by atoms with Gasteiger partial charge < -0.3 is 0 Å². The number of alkyl halides is 3. The van der Waals surface area contributed by atoms with E-state index in [2.05, 4.69) is 10.5 Å². The molecule has 3 N–H and O–H groups in total. The summed E-state index contributed by atoms with van der Waals surface area (Å²) in [5, 5.41) is 4.09. The van der Waals surface area contributed by atoms with Crippen LogP contribution in [0.5, 0.6) is 0 Å². The Labute approximate surface area is 112 Å². The van der Waals surface area contributed by atoms with Gasteiger partial charge in [-0.2, -0.15) is 18.3 Å². The van der Waals surface area contributed by atoms with E-state index < -0.39 is 23.6 Å². The molecule has 1 aromatic heterocycles. The maximum absolute atomic E-state index is 13.5. The molecule has 1 heterocycles. The number of hydrogen-bond acceptors (Lipinski definition) is 3. The number of hydrogen-bond donors (Lipinski definition) is 2. The largest absolute Gasteiger partial charge is 0.419 e. The molecule has 8 heteroatoms. The van der Waals surface area contributed by atoms with Crippen molar-refractivity contribution in [3.05, 3.63) is 53.1 Å². The van der Waals surface area contributed by atoms with Gasteiger partial charge >= 0.3 is 6.18 Å². The molecule has 2 aromatic rings. The van der Waals surface area contributed by atoms with E-state index in [4.69, 9.17) is 5.84 Å². The van der Waals surface area contributed by atoms with Gasteiger partial charge in [-0.15, -0.1) is 0 Å². The summed E-state index contributed by atoms with van der Waals surface area (Å²) in [6.45, 7) is 0. The fourth-order valence-corrected chi connectivity index (χ4v) is 1.88. The Morgan fingerprint density at radius 2 is 2.00 bits per heavy atom. The van der Waals surface area contributed by atoms with Gasteiger partial charge in [0.25, 0.3) is 0 Å². The predicted molar refractivity (Wildman–Crippen MR) is 63.8 cm³/mol. The number of aryl methyl sites for hydroxylation is 1. The number of nitrogens with two attached hydrogens (primary N) is 1. The standard InChI is InChI=1S/C12H12F4N4/c1-20-5-4-10(19-20)11(18-17)7-2-3-8(9(13)6-7)12(14,15)16/h2-6,11,18H,17H2,1H3. The van der Waals surface area contributed by atoms with E-state index in [0.29, 0.717) is 11.8 Å². The average Bonchev–Trinajstić information content (AvgIpc) is 2.75. The lowest BCUT2D eigenvalue weighted by Gasteiger charge is -2.16. The minimum absolute atomic E-state index is 0.261. The van der Waals surface area contributed by atoms with Crippen LogP contribution in [-0.4, -0.2) is 9.78 Å². The topological polar surface area (TPSA) is 55.9 Å². The van der Waals surface area contributed by atoms with Crippen molar-refractivity contribution in [3.63, 3.8) is 0 Å². The molecule has 2 rings (SSSR count). The third-order valence-corrected chi connectivity index (χ3v) is 2.83. The second-order valence-electron chi connectivity index (χ2n) is 4.25. The molecule has 4 nitrogen and oxygen atoms in total. The van der Waals surface area contributed by atoms with E-state index in [1.54, 1.807) is 19.3 Å². The normalized spacial score (nSPS) is 13.5. The predicted octanol–water partition coefficient (Wildman–Crippen LogP) is 2.13. The van der Waals surface area contributed by atoms with E-state index in [9.17, 15) is 17.6 Å². The van der Waals surface area contributed by atoms with Gasteiger partial charge in [0, 0.05) is 13.2 Å². The number of nitrogens with zero attached hydrogens (tertiary/aromatic N) is 2. The Morgan fingerprint density at radius 1 is 1.30 bits per heavy atom. The van der Waals surface area contributed by atoms with Gasteiger partial charge in [0.05, 0.1) is 17.3 Å². The molecule has 20 heavy (non-hydrogen) atoms. The monoisotopic (exact) mass is 288 g/mol. The minimum Gasteiger partial charge on any atom is -0.275 e. The second-order valence-corrected chi connectivity index (χ2v) is 4.25. The first-order chi connectivity index (χ1) is 9.32. The maximum Gasteiger partial charge on any atom is 0.419 e. The third-order valence-electron chi connectivity index (χ3n) is 2.83. The number of benzene rings is 1. The van der Waals surface area contributed by atoms with Crippen LogP contribution in [0.4, 0.5) is 17.6 Å². The molecule has 1 aromatic carbocycles. The minimum atomic E-state index is -4.72. The van der Waals surface area contributed by atoms with Crippen LogP contribution in [0.2, 0.25) is 0 Å². The van der Waals surface area contributed by atoms with Crippen molar-refractivity contribution < 1.29 is 17.6 Å². The molecule has 0 radical (unpaired) electrons. The summed E-state index contributed by atoms with van der Waals surface area (Å²) in [6, 6.07) is 3.62. The number of aromatic nitrogens is 2. The fourth-order valence-electron chi connectivity index (χ4n) is 1.88. The number of nitrogens with one attached hydrogen (secondary N) is 1. The molecule has 0 aliphatic rings. The van der Waals surface area contributed by atoms with Gasteiger partial charge in [0.1, 0.15) is 5.82 Å². The quantitative estimate of drug-likeness (QED) is 0.517. The first-order valence-corrected chi connectivity index (χ1v) is 5.65. The Balaban J connectivity index is 2.39. The van der Waals surface area contributed by atoms with Crippen molar-refractivity contribution >= 4 is 0 Å². The molecule has 0 amide bonds. The second kappa shape index (κ2) is 5.22. The summed E-state index contributed by atoms with van der Waals surface area (Å²) in [6.07, 6.45) is -3.07. The molecular formula is C12H12F4N4. The Bertz CT molecular complexity index is 606. The summed E-state index contributed by atoms with van der Waals surface area (Å²) in [5.74, 6) is 4.03. The SMILES string of the molecule is Cn1ccc(C(NN)c2ccc(C(F)(F)F)c(F)c2)n1. The van der Waals surface area contributed by atoms with Crippen molar-refractivity contribution in [2.45, 2.75) is 12.2 Å². The van der Waals surface area contributed by atoms with Crippen LogP contribution in [0, 0.1) is 5.82 Å². The highest BCUT2D eigenvalue weighted by molar-refractivity contribution is 5.32. The summed E-state index contributed by atoms with van der Waals surface area (Å²) in [5.41, 5.74) is 1.84. The number of rotatable bonds is 3. The zero-order valence-electron chi connectivity index (χ0n) is 10.4. The van der Waals surface area contributed by atoms with E-state index in [-0.39, 0.29) is 5.56 Å². The lowest BCUT2D eigenvalue weighted by atomic mass is 10.0. The Kier molecular flexibility index (Phi) is 3.78. The molecular weight excluding hydrogens is 276 g/mol. The molecule has 108 valence electrons. The molecule has 0 bridgehead atoms. The summed E-state index contributed by atoms with van der Waals surface area (Å²) < 4.78 is 52.5. The van der Waals surface area contributed by atoms with Crippen molar-refractivity contribution in [2.75, 3.05) is 0 Å². The zero-order valence-corrected chi connectivity index (χ0v) is 10.4. The van der Waals surface area contributed by atoms with Crippen molar-refractivity contribution in [2.24, 2.45) is 12.9 Å². The van der Waals surface area contributed by atoms with E-state index in [1.165, 1.54) is 10.7 Å². The Hall–Kier alpha value is -1.93. The first-order valence-electron chi connectivity index (χ1n) is 5.65. The summed E-state index contributed by atoms with van der Waals surface area (Å²) in [7, 11) is 1.68. The van der Waals surface area contributed by atoms with Crippen molar-refractivity contribution in [3.8, 4) is 0 Å². The zero-order chi connectivity index (χ0) is 14.9. The van der Waals surface area contributed by atoms with Crippen LogP contribution in [0.15, 0.2) is 30.5 Å². The lowest BCUT2D eigenvalue weighted by molar-refractivity contribution is -0.140. The van der Waals surface area contributed by atoms with Gasteiger partial charge in [-0.3, -0.25) is 10.5 Å². The van der Waals surface area contributed by atoms with Gasteiger partial charge in [0.15, 0.2) is 0 Å². The van der Waals surface area contributed by atoms with Gasteiger partial charge in [-0.25, -0.2) is 9.82 Å². The molecule has 0 aliphatic carbocycles. The molecule has 0 saturated heterocycles. The van der Waals surface area contributed by atoms with Gasteiger partial charge in [0.2, 0.25) is 0 Å². The molecule has 0 saturated carbocycles. The summed E-state index contributed by atoms with van der Waals surface area (Å²) >= 11 is 0. The molecule has 0 fully saturated rings. The third kappa shape index (κ3) is 2.81. The van der Waals surface area contributed by atoms with Crippen molar-refractivity contribution in [1.29, 1.82) is 0 Å². The van der Waals surface area contributed by atoms with Gasteiger partial charge in [-0.05, 0) is 23.8 Å². The Morgan fingerprint density at radius 3 is 2.45 bits per heavy atom. The smallest absolute Gasteiger partial charge is 0.275 e. The van der Waals surface area contributed by atoms with Crippen LogP contribution >= 0.6 is 0 Å². The average molecular weight is 288 g/mol. The van der Waals surface area contributed by atoms with Crippen LogP contribution in [0.25, 0.3) is 0 Å². The highest BCUT2D eigenvalue weighted by Crippen LogP contribution is 2.33. The highest BCUT2D eigenvalue weighted by atomic mass is 19.4. The number of hydrazine groups is 1. The molecule has 0 aliphatic heterocycles. The molecule has 1 unspecified atom stereocenters. The molecule has 0 spiro atoms. The van der Waals surface area contributed by atoms with Gasteiger partial charge in [-0.1, -0.05) is 6.07 Å². The lowest BCUT2D eigenvalue weighted by Crippen LogP contribution is -2.29. The van der Waals surface area contributed by atoms with Crippen LogP contribution < -0.4 is 11.3 Å². The van der Waals surface area contributed by atoms with Crippen LogP contribution in [-0.2, 0) is 13.2 Å².